The first-order chi connectivity index (χ1) is 6.21. The van der Waals surface area contributed by atoms with Gasteiger partial charge < -0.3 is 4.90 Å². The molecule has 0 aromatic carbocycles. The Bertz CT molecular complexity index is 191. The van der Waals surface area contributed by atoms with Crippen molar-refractivity contribution >= 4 is 5.91 Å². The molecule has 14 heavy (non-hydrogen) atoms. The average molecular weight is 199 g/mol. The third-order valence-electron chi connectivity index (χ3n) is 2.72. The monoisotopic (exact) mass is 199 g/mol. The van der Waals surface area contributed by atoms with Crippen LogP contribution in [0.5, 0.6) is 0 Å². The second-order valence-corrected chi connectivity index (χ2v) is 5.44. The molecule has 0 aliphatic heterocycles. The topological polar surface area (TPSA) is 20.3 Å². The van der Waals surface area contributed by atoms with Gasteiger partial charge in [0, 0.05) is 19.5 Å². The molecule has 1 amide bonds. The molecule has 84 valence electrons. The Morgan fingerprint density at radius 2 is 1.71 bits per heavy atom. The molecule has 2 heteroatoms. The van der Waals surface area contributed by atoms with Gasteiger partial charge in [-0.25, -0.2) is 0 Å². The lowest BCUT2D eigenvalue weighted by molar-refractivity contribution is -0.139. The Morgan fingerprint density at radius 1 is 1.29 bits per heavy atom. The highest BCUT2D eigenvalue weighted by molar-refractivity contribution is 5.79. The number of carbonyl (C=O) groups is 1. The molecule has 0 fully saturated rings. The summed E-state index contributed by atoms with van der Waals surface area (Å²) in [5.41, 5.74) is 0.0503. The van der Waals surface area contributed by atoms with E-state index in [4.69, 9.17) is 0 Å². The normalized spacial score (nSPS) is 14.3. The summed E-state index contributed by atoms with van der Waals surface area (Å²) >= 11 is 0. The minimum atomic E-state index is 0.0503. The lowest BCUT2D eigenvalue weighted by Gasteiger charge is -2.35. The predicted octanol–water partition coefficient (Wildman–Crippen LogP) is 2.78. The van der Waals surface area contributed by atoms with Crippen molar-refractivity contribution in [2.24, 2.45) is 17.3 Å². The van der Waals surface area contributed by atoms with Crippen molar-refractivity contribution in [3.63, 3.8) is 0 Å². The Morgan fingerprint density at radius 3 is 1.93 bits per heavy atom. The van der Waals surface area contributed by atoms with E-state index in [1.54, 1.807) is 0 Å². The molecule has 0 saturated carbocycles. The van der Waals surface area contributed by atoms with E-state index in [1.807, 2.05) is 18.9 Å². The van der Waals surface area contributed by atoms with Gasteiger partial charge in [0.05, 0.1) is 0 Å². The zero-order valence-electron chi connectivity index (χ0n) is 10.7. The molecule has 0 aromatic heterocycles. The van der Waals surface area contributed by atoms with E-state index in [1.165, 1.54) is 0 Å². The summed E-state index contributed by atoms with van der Waals surface area (Å²) < 4.78 is 0. The maximum Gasteiger partial charge on any atom is 0.226 e. The zero-order valence-corrected chi connectivity index (χ0v) is 10.7. The van der Waals surface area contributed by atoms with Crippen molar-refractivity contribution in [1.82, 2.24) is 4.90 Å². The average Bonchev–Trinajstić information content (AvgIpc) is 1.99. The maximum absolute atomic E-state index is 12.1. The molecule has 0 radical (unpaired) electrons. The lowest BCUT2D eigenvalue weighted by atomic mass is 9.73. The summed E-state index contributed by atoms with van der Waals surface area (Å²) in [6.07, 6.45) is 0. The molecular formula is C12H25NO. The van der Waals surface area contributed by atoms with E-state index in [9.17, 15) is 4.79 Å². The number of hydrogen-bond acceptors (Lipinski definition) is 1. The second kappa shape index (κ2) is 4.81. The number of rotatable bonds is 3. The second-order valence-electron chi connectivity index (χ2n) is 5.44. The molecular weight excluding hydrogens is 174 g/mol. The van der Waals surface area contributed by atoms with Crippen molar-refractivity contribution in [3.05, 3.63) is 0 Å². The summed E-state index contributed by atoms with van der Waals surface area (Å²) in [5.74, 6) is 0.791. The van der Waals surface area contributed by atoms with Crippen molar-refractivity contribution in [2.45, 2.75) is 41.5 Å². The highest BCUT2D eigenvalue weighted by Gasteiger charge is 2.34. The number of nitrogens with zero attached hydrogens (tertiary/aromatic N) is 1. The summed E-state index contributed by atoms with van der Waals surface area (Å²) in [6, 6.07) is 0. The van der Waals surface area contributed by atoms with Crippen molar-refractivity contribution < 1.29 is 4.79 Å². The van der Waals surface area contributed by atoms with Crippen LogP contribution in [0.3, 0.4) is 0 Å². The van der Waals surface area contributed by atoms with E-state index >= 15 is 0 Å². The number of amides is 1. The van der Waals surface area contributed by atoms with E-state index in [0.717, 1.165) is 6.54 Å². The predicted molar refractivity (Wildman–Crippen MR) is 61.1 cm³/mol. The third-order valence-corrected chi connectivity index (χ3v) is 2.72. The van der Waals surface area contributed by atoms with Crippen LogP contribution in [0.4, 0.5) is 0 Å². The summed E-state index contributed by atoms with van der Waals surface area (Å²) in [4.78, 5) is 13.9. The van der Waals surface area contributed by atoms with Crippen LogP contribution in [-0.2, 0) is 4.79 Å². The summed E-state index contributed by atoms with van der Waals surface area (Å²) in [5, 5.41) is 0. The molecule has 0 bridgehead atoms. The molecule has 0 aromatic rings. The minimum Gasteiger partial charge on any atom is -0.346 e. The molecule has 0 aliphatic rings. The van der Waals surface area contributed by atoms with Gasteiger partial charge in [-0.05, 0) is 18.3 Å². The fraction of sp³-hybridized carbons (Fsp3) is 0.917. The fourth-order valence-corrected chi connectivity index (χ4v) is 2.05. The van der Waals surface area contributed by atoms with Gasteiger partial charge in [-0.1, -0.05) is 34.6 Å². The maximum atomic E-state index is 12.1. The molecule has 1 atom stereocenters. The highest BCUT2D eigenvalue weighted by atomic mass is 16.2. The molecule has 2 nitrogen and oxygen atoms in total. The largest absolute Gasteiger partial charge is 0.346 e. The summed E-state index contributed by atoms with van der Waals surface area (Å²) in [7, 11) is 1.88. The quantitative estimate of drug-likeness (QED) is 0.684. The van der Waals surface area contributed by atoms with Crippen LogP contribution in [0.1, 0.15) is 41.5 Å². The van der Waals surface area contributed by atoms with Gasteiger partial charge in [-0.15, -0.1) is 0 Å². The van der Waals surface area contributed by atoms with Gasteiger partial charge in [0.1, 0.15) is 0 Å². The zero-order chi connectivity index (χ0) is 11.5. The Hall–Kier alpha value is -0.530. The minimum absolute atomic E-state index is 0.0503. The van der Waals surface area contributed by atoms with Crippen molar-refractivity contribution in [3.8, 4) is 0 Å². The van der Waals surface area contributed by atoms with Crippen molar-refractivity contribution in [2.75, 3.05) is 13.6 Å². The van der Waals surface area contributed by atoms with Crippen molar-refractivity contribution in [1.29, 1.82) is 0 Å². The molecule has 0 rings (SSSR count). The van der Waals surface area contributed by atoms with Gasteiger partial charge in [-0.2, -0.15) is 0 Å². The molecule has 0 unspecified atom stereocenters. The third kappa shape index (κ3) is 3.32. The van der Waals surface area contributed by atoms with Crippen LogP contribution in [0, 0.1) is 17.3 Å². The molecule has 0 saturated heterocycles. The molecule has 0 aliphatic carbocycles. The Balaban J connectivity index is 4.77. The first kappa shape index (κ1) is 13.5. The molecule has 0 N–H and O–H groups in total. The van der Waals surface area contributed by atoms with E-state index in [0.29, 0.717) is 5.92 Å². The lowest BCUT2D eigenvalue weighted by Crippen LogP contribution is -2.41. The van der Waals surface area contributed by atoms with Gasteiger partial charge in [-0.3, -0.25) is 4.79 Å². The van der Waals surface area contributed by atoms with Gasteiger partial charge in [0.15, 0.2) is 0 Å². The fourth-order valence-electron chi connectivity index (χ4n) is 2.05. The van der Waals surface area contributed by atoms with Crippen LogP contribution in [-0.4, -0.2) is 24.4 Å². The van der Waals surface area contributed by atoms with Crippen LogP contribution in [0.15, 0.2) is 0 Å². The first-order valence-corrected chi connectivity index (χ1v) is 5.46. The Kier molecular flexibility index (Phi) is 4.63. The summed E-state index contributed by atoms with van der Waals surface area (Å²) in [6.45, 7) is 13.5. The molecule has 0 heterocycles. The standard InChI is InChI=1S/C12H25NO/c1-8-13(7)11(14)10(9(2)3)12(4,5)6/h9-10H,8H2,1-7H3/t10-/m1/s1. The first-order valence-electron chi connectivity index (χ1n) is 5.46. The van der Waals surface area contributed by atoms with E-state index < -0.39 is 0 Å². The van der Waals surface area contributed by atoms with Gasteiger partial charge >= 0.3 is 0 Å². The number of carbonyl (C=O) groups excluding carboxylic acids is 1. The van der Waals surface area contributed by atoms with Crippen LogP contribution in [0.25, 0.3) is 0 Å². The van der Waals surface area contributed by atoms with E-state index in [2.05, 4.69) is 34.6 Å². The van der Waals surface area contributed by atoms with Crippen LogP contribution < -0.4 is 0 Å². The number of hydrogen-bond donors (Lipinski definition) is 0. The SMILES string of the molecule is CCN(C)C(=O)[C@@H](C(C)C)C(C)(C)C. The highest BCUT2D eigenvalue weighted by Crippen LogP contribution is 2.33. The van der Waals surface area contributed by atoms with E-state index in [-0.39, 0.29) is 17.2 Å². The molecule has 0 spiro atoms. The smallest absolute Gasteiger partial charge is 0.226 e. The van der Waals surface area contributed by atoms with Gasteiger partial charge in [0.2, 0.25) is 5.91 Å². The Labute approximate surface area is 88.7 Å². The van der Waals surface area contributed by atoms with Gasteiger partial charge in [0.25, 0.3) is 0 Å². The van der Waals surface area contributed by atoms with Crippen LogP contribution >= 0.6 is 0 Å². The van der Waals surface area contributed by atoms with Crippen LogP contribution in [0.2, 0.25) is 0 Å².